The average Bonchev–Trinajstić information content (AvgIpc) is 2.94. The van der Waals surface area contributed by atoms with Gasteiger partial charge >= 0.3 is 0 Å². The summed E-state index contributed by atoms with van der Waals surface area (Å²) in [5.74, 6) is 1.75. The van der Waals surface area contributed by atoms with Crippen LogP contribution < -0.4 is 4.90 Å². The molecule has 2 aromatic heterocycles. The zero-order valence-corrected chi connectivity index (χ0v) is 11.0. The van der Waals surface area contributed by atoms with E-state index in [1.165, 1.54) is 0 Å². The van der Waals surface area contributed by atoms with Crippen molar-refractivity contribution in [3.05, 3.63) is 24.2 Å². The minimum absolute atomic E-state index is 0.436. The number of rotatable bonds is 2. The Morgan fingerprint density at radius 1 is 1.50 bits per heavy atom. The monoisotopic (exact) mass is 271 g/mol. The molecule has 0 N–H and O–H groups in total. The minimum atomic E-state index is -0.442. The number of nitriles is 1. The van der Waals surface area contributed by atoms with Crippen LogP contribution in [0.1, 0.15) is 5.82 Å². The minimum Gasteiger partial charge on any atom is -0.360 e. The smallest absolute Gasteiger partial charge is 0.261 e. The van der Waals surface area contributed by atoms with E-state index >= 15 is 0 Å². The SMILES string of the molecule is Cc1noc(-c2cccnc2N2CCOC(C#N)C2)n1. The van der Waals surface area contributed by atoms with Gasteiger partial charge in [0.05, 0.1) is 24.8 Å². The van der Waals surface area contributed by atoms with Crippen LogP contribution in [0.4, 0.5) is 5.82 Å². The van der Waals surface area contributed by atoms with Crippen molar-refractivity contribution in [2.24, 2.45) is 0 Å². The molecule has 0 spiro atoms. The molecule has 1 aliphatic rings. The first kappa shape index (κ1) is 12.6. The van der Waals surface area contributed by atoms with Crippen LogP contribution in [0.15, 0.2) is 22.9 Å². The Balaban J connectivity index is 1.96. The number of hydrogen-bond donors (Lipinski definition) is 0. The highest BCUT2D eigenvalue weighted by atomic mass is 16.5. The van der Waals surface area contributed by atoms with E-state index in [1.54, 1.807) is 13.1 Å². The zero-order valence-electron chi connectivity index (χ0n) is 11.0. The first-order valence-corrected chi connectivity index (χ1v) is 6.30. The summed E-state index contributed by atoms with van der Waals surface area (Å²) in [5.41, 5.74) is 0.770. The van der Waals surface area contributed by atoms with E-state index in [-0.39, 0.29) is 0 Å². The second-order valence-corrected chi connectivity index (χ2v) is 4.46. The Labute approximate surface area is 115 Å². The molecule has 1 aliphatic heterocycles. The molecule has 1 saturated heterocycles. The summed E-state index contributed by atoms with van der Waals surface area (Å²) in [5, 5.41) is 12.8. The molecular weight excluding hydrogens is 258 g/mol. The lowest BCUT2D eigenvalue weighted by Crippen LogP contribution is -2.42. The number of morpholine rings is 1. The van der Waals surface area contributed by atoms with Crippen LogP contribution in [0.3, 0.4) is 0 Å². The van der Waals surface area contributed by atoms with Gasteiger partial charge in [0.25, 0.3) is 5.89 Å². The van der Waals surface area contributed by atoms with Crippen LogP contribution in [-0.2, 0) is 4.74 Å². The third-order valence-electron chi connectivity index (χ3n) is 3.05. The van der Waals surface area contributed by atoms with Crippen LogP contribution in [0, 0.1) is 18.3 Å². The molecule has 2 aromatic rings. The molecule has 20 heavy (non-hydrogen) atoms. The molecule has 1 unspecified atom stereocenters. The molecule has 0 bridgehead atoms. The number of hydrogen-bond acceptors (Lipinski definition) is 7. The molecule has 3 rings (SSSR count). The summed E-state index contributed by atoms with van der Waals surface area (Å²) in [7, 11) is 0. The Bertz CT molecular complexity index is 648. The second kappa shape index (κ2) is 5.27. The summed E-state index contributed by atoms with van der Waals surface area (Å²) >= 11 is 0. The predicted octanol–water partition coefficient (Wildman–Crippen LogP) is 1.17. The molecule has 7 heteroatoms. The lowest BCUT2D eigenvalue weighted by atomic mass is 10.2. The van der Waals surface area contributed by atoms with Gasteiger partial charge in [0.15, 0.2) is 11.9 Å². The molecule has 0 aliphatic carbocycles. The standard InChI is InChI=1S/C13H13N5O2/c1-9-16-13(20-17-9)11-3-2-4-15-12(11)18-5-6-19-10(7-14)8-18/h2-4,10H,5-6,8H2,1H3. The van der Waals surface area contributed by atoms with E-state index in [0.717, 1.165) is 11.4 Å². The number of aromatic nitrogens is 3. The summed E-state index contributed by atoms with van der Waals surface area (Å²) in [4.78, 5) is 10.6. The number of aryl methyl sites for hydroxylation is 1. The molecule has 0 saturated carbocycles. The molecule has 0 amide bonds. The van der Waals surface area contributed by atoms with Crippen molar-refractivity contribution in [1.29, 1.82) is 5.26 Å². The van der Waals surface area contributed by atoms with Crippen LogP contribution in [0.25, 0.3) is 11.5 Å². The van der Waals surface area contributed by atoms with Gasteiger partial charge in [-0.3, -0.25) is 0 Å². The summed E-state index contributed by atoms with van der Waals surface area (Å²) in [6.07, 6.45) is 1.27. The maximum absolute atomic E-state index is 8.98. The molecule has 3 heterocycles. The van der Waals surface area contributed by atoms with Gasteiger partial charge in [0.1, 0.15) is 5.82 Å². The fraction of sp³-hybridized carbons (Fsp3) is 0.385. The maximum Gasteiger partial charge on any atom is 0.261 e. The quantitative estimate of drug-likeness (QED) is 0.810. The van der Waals surface area contributed by atoms with E-state index in [0.29, 0.717) is 31.4 Å². The van der Waals surface area contributed by atoms with Gasteiger partial charge < -0.3 is 14.2 Å². The first-order chi connectivity index (χ1) is 9.78. The van der Waals surface area contributed by atoms with Gasteiger partial charge in [-0.15, -0.1) is 0 Å². The summed E-state index contributed by atoms with van der Waals surface area (Å²) < 4.78 is 10.6. The molecule has 0 radical (unpaired) electrons. The highest BCUT2D eigenvalue weighted by Crippen LogP contribution is 2.28. The van der Waals surface area contributed by atoms with Gasteiger partial charge in [-0.25, -0.2) is 4.98 Å². The third kappa shape index (κ3) is 2.33. The van der Waals surface area contributed by atoms with Crippen molar-refractivity contribution in [2.45, 2.75) is 13.0 Å². The van der Waals surface area contributed by atoms with Crippen LogP contribution in [0.5, 0.6) is 0 Å². The highest BCUT2D eigenvalue weighted by Gasteiger charge is 2.24. The molecule has 0 aromatic carbocycles. The van der Waals surface area contributed by atoms with Crippen molar-refractivity contribution in [3.63, 3.8) is 0 Å². The van der Waals surface area contributed by atoms with Crippen LogP contribution in [0.2, 0.25) is 0 Å². The van der Waals surface area contributed by atoms with Crippen molar-refractivity contribution >= 4 is 5.82 Å². The van der Waals surface area contributed by atoms with Crippen molar-refractivity contribution in [3.8, 4) is 17.5 Å². The van der Waals surface area contributed by atoms with Gasteiger partial charge in [0.2, 0.25) is 0 Å². The van der Waals surface area contributed by atoms with E-state index in [2.05, 4.69) is 21.2 Å². The van der Waals surface area contributed by atoms with Gasteiger partial charge in [0, 0.05) is 12.7 Å². The topological polar surface area (TPSA) is 88.1 Å². The number of nitrogens with zero attached hydrogens (tertiary/aromatic N) is 5. The predicted molar refractivity (Wildman–Crippen MR) is 69.8 cm³/mol. The number of pyridine rings is 1. The fourth-order valence-electron chi connectivity index (χ4n) is 2.14. The van der Waals surface area contributed by atoms with E-state index in [1.807, 2.05) is 17.0 Å². The lowest BCUT2D eigenvalue weighted by molar-refractivity contribution is 0.0762. The van der Waals surface area contributed by atoms with Crippen molar-refractivity contribution in [2.75, 3.05) is 24.6 Å². The van der Waals surface area contributed by atoms with E-state index in [9.17, 15) is 0 Å². The van der Waals surface area contributed by atoms with Crippen molar-refractivity contribution in [1.82, 2.24) is 15.1 Å². The van der Waals surface area contributed by atoms with Gasteiger partial charge in [-0.2, -0.15) is 10.2 Å². The third-order valence-corrected chi connectivity index (χ3v) is 3.05. The Kier molecular flexibility index (Phi) is 3.31. The molecule has 102 valence electrons. The number of ether oxygens (including phenoxy) is 1. The first-order valence-electron chi connectivity index (χ1n) is 6.30. The van der Waals surface area contributed by atoms with Gasteiger partial charge in [-0.05, 0) is 19.1 Å². The van der Waals surface area contributed by atoms with E-state index in [4.69, 9.17) is 14.5 Å². The molecular formula is C13H13N5O2. The largest absolute Gasteiger partial charge is 0.360 e. The van der Waals surface area contributed by atoms with Gasteiger partial charge in [-0.1, -0.05) is 5.16 Å². The maximum atomic E-state index is 8.98. The van der Waals surface area contributed by atoms with Crippen LogP contribution in [-0.4, -0.2) is 40.9 Å². The summed E-state index contributed by atoms with van der Waals surface area (Å²) in [6.45, 7) is 3.42. The van der Waals surface area contributed by atoms with Crippen LogP contribution >= 0.6 is 0 Å². The Morgan fingerprint density at radius 2 is 2.40 bits per heavy atom. The summed E-state index contributed by atoms with van der Waals surface area (Å²) in [6, 6.07) is 5.83. The average molecular weight is 271 g/mol. The van der Waals surface area contributed by atoms with Crippen molar-refractivity contribution < 1.29 is 9.26 Å². The molecule has 1 atom stereocenters. The number of anilines is 1. The molecule has 1 fully saturated rings. The second-order valence-electron chi connectivity index (χ2n) is 4.46. The normalized spacial score (nSPS) is 18.8. The lowest BCUT2D eigenvalue weighted by Gasteiger charge is -2.31. The van der Waals surface area contributed by atoms with E-state index < -0.39 is 6.10 Å². The fourth-order valence-corrected chi connectivity index (χ4v) is 2.14. The Morgan fingerprint density at radius 3 is 3.15 bits per heavy atom. The Hall–Kier alpha value is -2.46. The highest BCUT2D eigenvalue weighted by molar-refractivity contribution is 5.69. The zero-order chi connectivity index (χ0) is 13.9. The molecule has 7 nitrogen and oxygen atoms in total.